The molecule has 0 heterocycles. The third-order valence-corrected chi connectivity index (χ3v) is 4.24. The van der Waals surface area contributed by atoms with E-state index < -0.39 is 0 Å². The van der Waals surface area contributed by atoms with E-state index in [2.05, 4.69) is 60.4 Å². The lowest BCUT2D eigenvalue weighted by Crippen LogP contribution is -2.29. The summed E-state index contributed by atoms with van der Waals surface area (Å²) in [5, 5.41) is 0. The molecule has 0 aliphatic carbocycles. The molecule has 2 aromatic rings. The van der Waals surface area contributed by atoms with Crippen molar-refractivity contribution < 1.29 is 4.74 Å². The lowest BCUT2D eigenvalue weighted by atomic mass is 10.1. The zero-order chi connectivity index (χ0) is 16.3. The number of nitrogens with zero attached hydrogens (tertiary/aromatic N) is 1. The predicted molar refractivity (Wildman–Crippen MR) is 98.2 cm³/mol. The maximum atomic E-state index is 5.32. The van der Waals surface area contributed by atoms with Crippen LogP contribution in [0.2, 0.25) is 0 Å². The Hall–Kier alpha value is -1.80. The highest BCUT2D eigenvalue weighted by Crippen LogP contribution is 2.13. The van der Waals surface area contributed by atoms with Gasteiger partial charge in [-0.05, 0) is 49.1 Å². The average molecular weight is 311 g/mol. The minimum absolute atomic E-state index is 0.951. The Morgan fingerprint density at radius 3 is 2.22 bits per heavy atom. The minimum atomic E-state index is 0.951. The summed E-state index contributed by atoms with van der Waals surface area (Å²) in [5.74, 6) is 0.951. The first-order valence-electron chi connectivity index (χ1n) is 8.71. The van der Waals surface area contributed by atoms with Crippen molar-refractivity contribution in [3.05, 3.63) is 65.7 Å². The molecule has 0 radical (unpaired) electrons. The van der Waals surface area contributed by atoms with Gasteiger partial charge >= 0.3 is 0 Å². The molecule has 2 nitrogen and oxygen atoms in total. The SMILES string of the molecule is CCCCN(CCc1ccccc1)CCc1cccc(OC)c1. The van der Waals surface area contributed by atoms with E-state index in [-0.39, 0.29) is 0 Å². The predicted octanol–water partition coefficient (Wildman–Crippen LogP) is 4.58. The molecule has 2 aromatic carbocycles. The van der Waals surface area contributed by atoms with Gasteiger partial charge in [-0.3, -0.25) is 0 Å². The van der Waals surface area contributed by atoms with Gasteiger partial charge in [0.2, 0.25) is 0 Å². The number of benzene rings is 2. The molecule has 2 rings (SSSR count). The molecule has 0 saturated heterocycles. The molecule has 0 spiro atoms. The van der Waals surface area contributed by atoms with E-state index in [9.17, 15) is 0 Å². The highest BCUT2D eigenvalue weighted by molar-refractivity contribution is 5.28. The number of unbranched alkanes of at least 4 members (excludes halogenated alkanes) is 1. The molecule has 0 N–H and O–H groups in total. The lowest BCUT2D eigenvalue weighted by molar-refractivity contribution is 0.276. The topological polar surface area (TPSA) is 12.5 Å². The number of hydrogen-bond donors (Lipinski definition) is 0. The quantitative estimate of drug-likeness (QED) is 0.636. The lowest BCUT2D eigenvalue weighted by Gasteiger charge is -2.22. The first-order valence-corrected chi connectivity index (χ1v) is 8.71. The smallest absolute Gasteiger partial charge is 0.119 e. The van der Waals surface area contributed by atoms with Gasteiger partial charge in [0, 0.05) is 13.1 Å². The number of hydrogen-bond acceptors (Lipinski definition) is 2. The Bertz CT molecular complexity index is 553. The van der Waals surface area contributed by atoms with Crippen LogP contribution in [0.1, 0.15) is 30.9 Å². The van der Waals surface area contributed by atoms with Crippen molar-refractivity contribution in [3.63, 3.8) is 0 Å². The van der Waals surface area contributed by atoms with Crippen molar-refractivity contribution in [2.24, 2.45) is 0 Å². The molecule has 23 heavy (non-hydrogen) atoms. The normalized spacial score (nSPS) is 10.9. The third-order valence-electron chi connectivity index (χ3n) is 4.24. The fourth-order valence-electron chi connectivity index (χ4n) is 2.76. The van der Waals surface area contributed by atoms with E-state index in [4.69, 9.17) is 4.74 Å². The summed E-state index contributed by atoms with van der Waals surface area (Å²) in [7, 11) is 1.73. The molecule has 0 atom stereocenters. The summed E-state index contributed by atoms with van der Waals surface area (Å²) in [6.45, 7) is 5.69. The Balaban J connectivity index is 1.86. The van der Waals surface area contributed by atoms with Crippen LogP contribution in [0, 0.1) is 0 Å². The van der Waals surface area contributed by atoms with E-state index in [1.54, 1.807) is 7.11 Å². The van der Waals surface area contributed by atoms with Crippen LogP contribution >= 0.6 is 0 Å². The van der Waals surface area contributed by atoms with Gasteiger partial charge in [-0.15, -0.1) is 0 Å². The monoisotopic (exact) mass is 311 g/mol. The summed E-state index contributed by atoms with van der Waals surface area (Å²) in [4.78, 5) is 2.59. The zero-order valence-electron chi connectivity index (χ0n) is 14.5. The molecule has 124 valence electrons. The van der Waals surface area contributed by atoms with Crippen molar-refractivity contribution in [3.8, 4) is 5.75 Å². The first-order chi connectivity index (χ1) is 11.3. The first kappa shape index (κ1) is 17.6. The van der Waals surface area contributed by atoms with Crippen LogP contribution in [0.3, 0.4) is 0 Å². The van der Waals surface area contributed by atoms with E-state index in [0.29, 0.717) is 0 Å². The Morgan fingerprint density at radius 1 is 0.826 bits per heavy atom. The molecule has 0 fully saturated rings. The van der Waals surface area contributed by atoms with Crippen molar-refractivity contribution in [2.45, 2.75) is 32.6 Å². The molecular formula is C21H29NO. The molecule has 2 heteroatoms. The van der Waals surface area contributed by atoms with E-state index in [1.165, 1.54) is 30.5 Å². The third kappa shape index (κ3) is 6.45. The van der Waals surface area contributed by atoms with E-state index >= 15 is 0 Å². The van der Waals surface area contributed by atoms with Gasteiger partial charge in [0.15, 0.2) is 0 Å². The summed E-state index contributed by atoms with van der Waals surface area (Å²) >= 11 is 0. The second-order valence-corrected chi connectivity index (χ2v) is 6.03. The zero-order valence-corrected chi connectivity index (χ0v) is 14.5. The highest BCUT2D eigenvalue weighted by atomic mass is 16.5. The maximum Gasteiger partial charge on any atom is 0.119 e. The number of methoxy groups -OCH3 is 1. The molecular weight excluding hydrogens is 282 g/mol. The van der Waals surface area contributed by atoms with Gasteiger partial charge < -0.3 is 9.64 Å². The van der Waals surface area contributed by atoms with Crippen LogP contribution in [0.25, 0.3) is 0 Å². The van der Waals surface area contributed by atoms with E-state index in [1.807, 2.05) is 6.07 Å². The summed E-state index contributed by atoms with van der Waals surface area (Å²) in [5.41, 5.74) is 2.78. The van der Waals surface area contributed by atoms with Crippen LogP contribution in [-0.2, 0) is 12.8 Å². The van der Waals surface area contributed by atoms with Crippen molar-refractivity contribution >= 4 is 0 Å². The molecule has 0 aliphatic rings. The van der Waals surface area contributed by atoms with Crippen molar-refractivity contribution in [1.82, 2.24) is 4.90 Å². The summed E-state index contributed by atoms with van der Waals surface area (Å²) < 4.78 is 5.32. The molecule has 0 bridgehead atoms. The van der Waals surface area contributed by atoms with Gasteiger partial charge in [-0.25, -0.2) is 0 Å². The summed E-state index contributed by atoms with van der Waals surface area (Å²) in [6, 6.07) is 19.2. The second kappa shape index (κ2) is 10.1. The minimum Gasteiger partial charge on any atom is -0.497 e. The van der Waals surface area contributed by atoms with Crippen molar-refractivity contribution in [1.29, 1.82) is 0 Å². The molecule has 0 aromatic heterocycles. The molecule has 0 aliphatic heterocycles. The van der Waals surface area contributed by atoms with Crippen LogP contribution in [0.4, 0.5) is 0 Å². The van der Waals surface area contributed by atoms with Gasteiger partial charge in [-0.1, -0.05) is 55.8 Å². The van der Waals surface area contributed by atoms with Crippen LogP contribution in [0.15, 0.2) is 54.6 Å². The Labute approximate surface area is 141 Å². The maximum absolute atomic E-state index is 5.32. The fourth-order valence-corrected chi connectivity index (χ4v) is 2.76. The van der Waals surface area contributed by atoms with Gasteiger partial charge in [0.05, 0.1) is 7.11 Å². The van der Waals surface area contributed by atoms with Gasteiger partial charge in [-0.2, -0.15) is 0 Å². The molecule has 0 amide bonds. The molecule has 0 saturated carbocycles. The highest BCUT2D eigenvalue weighted by Gasteiger charge is 2.06. The summed E-state index contributed by atoms with van der Waals surface area (Å²) in [6.07, 6.45) is 4.73. The number of ether oxygens (including phenoxy) is 1. The standard InChI is InChI=1S/C21H29NO/c1-3-4-15-22(16-13-19-9-6-5-7-10-19)17-14-20-11-8-12-21(18-20)23-2/h5-12,18H,3-4,13-17H2,1-2H3. The van der Waals surface area contributed by atoms with Crippen LogP contribution in [-0.4, -0.2) is 31.6 Å². The Kier molecular flexibility index (Phi) is 7.68. The number of rotatable bonds is 10. The van der Waals surface area contributed by atoms with Gasteiger partial charge in [0.1, 0.15) is 5.75 Å². The Morgan fingerprint density at radius 2 is 1.52 bits per heavy atom. The average Bonchev–Trinajstić information content (AvgIpc) is 2.62. The largest absolute Gasteiger partial charge is 0.497 e. The second-order valence-electron chi connectivity index (χ2n) is 6.03. The van der Waals surface area contributed by atoms with Crippen LogP contribution < -0.4 is 4.74 Å². The van der Waals surface area contributed by atoms with Gasteiger partial charge in [0.25, 0.3) is 0 Å². The molecule has 0 unspecified atom stereocenters. The van der Waals surface area contributed by atoms with Crippen molar-refractivity contribution in [2.75, 3.05) is 26.7 Å². The van der Waals surface area contributed by atoms with E-state index in [0.717, 1.165) is 31.7 Å². The fraction of sp³-hybridized carbons (Fsp3) is 0.429. The van der Waals surface area contributed by atoms with Crippen LogP contribution in [0.5, 0.6) is 5.75 Å².